The van der Waals surface area contributed by atoms with E-state index in [1.54, 1.807) is 18.9 Å². The Morgan fingerprint density at radius 3 is 2.92 bits per heavy atom. The van der Waals surface area contributed by atoms with Crippen LogP contribution in [0.2, 0.25) is 5.02 Å². The fourth-order valence-electron chi connectivity index (χ4n) is 3.16. The fourth-order valence-corrected chi connectivity index (χ4v) is 3.28. The number of likely N-dealkylation sites (tertiary alicyclic amines) is 1. The third kappa shape index (κ3) is 3.34. The van der Waals surface area contributed by atoms with E-state index in [9.17, 15) is 0 Å². The second-order valence-electron chi connectivity index (χ2n) is 6.01. The quantitative estimate of drug-likeness (QED) is 0.711. The summed E-state index contributed by atoms with van der Waals surface area (Å²) in [6.45, 7) is 2.62. The SMILES string of the molecule is Clc1ccc(-c2cnc(CN3CCC[C@H]3Cn3cncn3)o2)cc1. The molecular formula is C17H18ClN5O. The first kappa shape index (κ1) is 15.4. The standard InChI is InChI=1S/C17H18ClN5O/c18-14-5-3-13(4-6-14)16-8-20-17(24-16)10-22-7-1-2-15(22)9-23-12-19-11-21-23/h3-6,8,11-12,15H,1-2,7,9-10H2/t15-/m0/s1. The van der Waals surface area contributed by atoms with Crippen LogP contribution in [0.1, 0.15) is 18.7 Å². The van der Waals surface area contributed by atoms with Gasteiger partial charge in [-0.25, -0.2) is 9.97 Å². The van der Waals surface area contributed by atoms with Crippen LogP contribution in [0.4, 0.5) is 0 Å². The minimum Gasteiger partial charge on any atom is -0.439 e. The highest BCUT2D eigenvalue weighted by Gasteiger charge is 2.26. The molecule has 1 aliphatic rings. The van der Waals surface area contributed by atoms with E-state index in [2.05, 4.69) is 20.0 Å². The minimum atomic E-state index is 0.442. The second kappa shape index (κ2) is 6.75. The summed E-state index contributed by atoms with van der Waals surface area (Å²) >= 11 is 5.93. The molecule has 124 valence electrons. The summed E-state index contributed by atoms with van der Waals surface area (Å²) in [5.41, 5.74) is 0.985. The fraction of sp³-hybridized carbons (Fsp3) is 0.353. The summed E-state index contributed by atoms with van der Waals surface area (Å²) in [6, 6.07) is 8.03. The molecule has 0 unspecified atom stereocenters. The Labute approximate surface area is 145 Å². The molecular weight excluding hydrogens is 326 g/mol. The lowest BCUT2D eigenvalue weighted by Crippen LogP contribution is -2.32. The van der Waals surface area contributed by atoms with Gasteiger partial charge in [-0.15, -0.1) is 0 Å². The molecule has 1 atom stereocenters. The highest BCUT2D eigenvalue weighted by atomic mass is 35.5. The van der Waals surface area contributed by atoms with Crippen LogP contribution in [0.5, 0.6) is 0 Å². The lowest BCUT2D eigenvalue weighted by Gasteiger charge is -2.22. The number of hydrogen-bond donors (Lipinski definition) is 0. The largest absolute Gasteiger partial charge is 0.439 e. The van der Waals surface area contributed by atoms with Crippen molar-refractivity contribution in [2.45, 2.75) is 32.0 Å². The minimum absolute atomic E-state index is 0.442. The second-order valence-corrected chi connectivity index (χ2v) is 6.45. The van der Waals surface area contributed by atoms with Crippen molar-refractivity contribution in [3.63, 3.8) is 0 Å². The lowest BCUT2D eigenvalue weighted by molar-refractivity contribution is 0.200. The van der Waals surface area contributed by atoms with Gasteiger partial charge < -0.3 is 4.42 Å². The van der Waals surface area contributed by atoms with Gasteiger partial charge in [0.1, 0.15) is 12.7 Å². The monoisotopic (exact) mass is 343 g/mol. The third-order valence-electron chi connectivity index (χ3n) is 4.38. The molecule has 7 heteroatoms. The molecule has 1 aliphatic heterocycles. The van der Waals surface area contributed by atoms with Gasteiger partial charge in [-0.3, -0.25) is 9.58 Å². The molecule has 1 fully saturated rings. The lowest BCUT2D eigenvalue weighted by atomic mass is 10.2. The first-order valence-corrected chi connectivity index (χ1v) is 8.43. The molecule has 3 aromatic rings. The van der Waals surface area contributed by atoms with Crippen molar-refractivity contribution in [1.82, 2.24) is 24.6 Å². The van der Waals surface area contributed by atoms with Crippen LogP contribution in [0.3, 0.4) is 0 Å². The number of nitrogens with zero attached hydrogens (tertiary/aromatic N) is 5. The first-order valence-electron chi connectivity index (χ1n) is 8.05. The van der Waals surface area contributed by atoms with E-state index in [0.29, 0.717) is 17.6 Å². The molecule has 0 bridgehead atoms. The maximum atomic E-state index is 5.93. The van der Waals surface area contributed by atoms with Gasteiger partial charge in [-0.2, -0.15) is 5.10 Å². The van der Waals surface area contributed by atoms with E-state index in [4.69, 9.17) is 16.0 Å². The van der Waals surface area contributed by atoms with E-state index in [1.165, 1.54) is 6.42 Å². The molecule has 0 saturated carbocycles. The van der Waals surface area contributed by atoms with E-state index >= 15 is 0 Å². The summed E-state index contributed by atoms with van der Waals surface area (Å²) in [6.07, 6.45) is 7.46. The Hall–Kier alpha value is -2.18. The molecule has 4 rings (SSSR count). The molecule has 2 aromatic heterocycles. The predicted octanol–water partition coefficient (Wildman–Crippen LogP) is 3.25. The number of benzene rings is 1. The summed E-state index contributed by atoms with van der Waals surface area (Å²) in [4.78, 5) is 10.8. The van der Waals surface area contributed by atoms with Crippen LogP contribution in [0.25, 0.3) is 11.3 Å². The van der Waals surface area contributed by atoms with E-state index in [1.807, 2.05) is 28.9 Å². The first-order chi connectivity index (χ1) is 11.8. The van der Waals surface area contributed by atoms with Crippen LogP contribution in [0, 0.1) is 0 Å². The average molecular weight is 344 g/mol. The molecule has 3 heterocycles. The average Bonchev–Trinajstić information content (AvgIpc) is 3.32. The van der Waals surface area contributed by atoms with Gasteiger partial charge in [-0.05, 0) is 43.7 Å². The van der Waals surface area contributed by atoms with Gasteiger partial charge in [0.25, 0.3) is 0 Å². The molecule has 0 amide bonds. The topological polar surface area (TPSA) is 60.0 Å². The number of halogens is 1. The van der Waals surface area contributed by atoms with Gasteiger partial charge in [0.2, 0.25) is 5.89 Å². The Kier molecular flexibility index (Phi) is 4.32. The zero-order valence-corrected chi connectivity index (χ0v) is 13.9. The number of oxazole rings is 1. The summed E-state index contributed by atoms with van der Waals surface area (Å²) < 4.78 is 7.81. The van der Waals surface area contributed by atoms with Crippen molar-refractivity contribution in [2.24, 2.45) is 0 Å². The molecule has 1 aromatic carbocycles. The van der Waals surface area contributed by atoms with Crippen molar-refractivity contribution in [1.29, 1.82) is 0 Å². The highest BCUT2D eigenvalue weighted by molar-refractivity contribution is 6.30. The van der Waals surface area contributed by atoms with E-state index in [-0.39, 0.29) is 0 Å². The highest BCUT2D eigenvalue weighted by Crippen LogP contribution is 2.25. The van der Waals surface area contributed by atoms with Crippen LogP contribution >= 0.6 is 11.6 Å². The predicted molar refractivity (Wildman–Crippen MR) is 90.4 cm³/mol. The molecule has 0 N–H and O–H groups in total. The molecule has 0 aliphatic carbocycles. The van der Waals surface area contributed by atoms with Gasteiger partial charge in [0.15, 0.2) is 5.76 Å². The van der Waals surface area contributed by atoms with Gasteiger partial charge in [-0.1, -0.05) is 11.6 Å². The van der Waals surface area contributed by atoms with E-state index < -0.39 is 0 Å². The normalized spacial score (nSPS) is 18.3. The van der Waals surface area contributed by atoms with Crippen LogP contribution < -0.4 is 0 Å². The number of rotatable bonds is 5. The maximum absolute atomic E-state index is 5.93. The zero-order chi connectivity index (χ0) is 16.4. The third-order valence-corrected chi connectivity index (χ3v) is 4.64. The van der Waals surface area contributed by atoms with Crippen LogP contribution in [-0.4, -0.2) is 37.2 Å². The number of hydrogen-bond acceptors (Lipinski definition) is 5. The van der Waals surface area contributed by atoms with Gasteiger partial charge >= 0.3 is 0 Å². The smallest absolute Gasteiger partial charge is 0.209 e. The molecule has 6 nitrogen and oxygen atoms in total. The van der Waals surface area contributed by atoms with Crippen molar-refractivity contribution in [3.8, 4) is 11.3 Å². The van der Waals surface area contributed by atoms with Crippen molar-refractivity contribution in [2.75, 3.05) is 6.54 Å². The summed E-state index contributed by atoms with van der Waals surface area (Å²) in [5.74, 6) is 1.51. The van der Waals surface area contributed by atoms with Crippen LogP contribution in [0.15, 0.2) is 47.5 Å². The van der Waals surface area contributed by atoms with Crippen molar-refractivity contribution in [3.05, 3.63) is 54.0 Å². The molecule has 0 spiro atoms. The number of aromatic nitrogens is 4. The van der Waals surface area contributed by atoms with Crippen LogP contribution in [-0.2, 0) is 13.1 Å². The zero-order valence-electron chi connectivity index (χ0n) is 13.2. The maximum Gasteiger partial charge on any atom is 0.209 e. The summed E-state index contributed by atoms with van der Waals surface area (Å²) in [7, 11) is 0. The van der Waals surface area contributed by atoms with E-state index in [0.717, 1.165) is 36.7 Å². The molecule has 24 heavy (non-hydrogen) atoms. The Morgan fingerprint density at radius 2 is 2.12 bits per heavy atom. The summed E-state index contributed by atoms with van der Waals surface area (Å²) in [5, 5.41) is 4.92. The van der Waals surface area contributed by atoms with Gasteiger partial charge in [0.05, 0.1) is 19.3 Å². The van der Waals surface area contributed by atoms with Crippen molar-refractivity contribution >= 4 is 11.6 Å². The Balaban J connectivity index is 1.44. The Bertz CT molecular complexity index is 784. The molecule has 0 radical (unpaired) electrons. The van der Waals surface area contributed by atoms with Gasteiger partial charge in [0, 0.05) is 16.6 Å². The van der Waals surface area contributed by atoms with Crippen molar-refractivity contribution < 1.29 is 4.42 Å². The molecule has 1 saturated heterocycles. The Morgan fingerprint density at radius 1 is 1.25 bits per heavy atom.